The highest BCUT2D eigenvalue weighted by Gasteiger charge is 2.18. The van der Waals surface area contributed by atoms with Crippen molar-refractivity contribution in [1.82, 2.24) is 10.6 Å². The van der Waals surface area contributed by atoms with E-state index in [1.807, 2.05) is 37.2 Å². The van der Waals surface area contributed by atoms with Crippen molar-refractivity contribution >= 4 is 22.6 Å². The maximum absolute atomic E-state index is 12.8. The Morgan fingerprint density at radius 2 is 1.83 bits per heavy atom. The second kappa shape index (κ2) is 8.36. The van der Waals surface area contributed by atoms with Gasteiger partial charge in [0.2, 0.25) is 17.1 Å². The average Bonchev–Trinajstić information content (AvgIpc) is 2.74. The predicted octanol–water partition coefficient (Wildman–Crippen LogP) is 2.11. The Morgan fingerprint density at radius 3 is 2.41 bits per heavy atom. The summed E-state index contributed by atoms with van der Waals surface area (Å²) in [6.07, 6.45) is 0.403. The maximum atomic E-state index is 12.8. The molecule has 0 saturated carbocycles. The number of aromatic hydroxyl groups is 1. The smallest absolute Gasteiger partial charge is 0.237 e. The first-order valence-corrected chi connectivity index (χ1v) is 9.31. The van der Waals surface area contributed by atoms with E-state index in [9.17, 15) is 14.7 Å². The van der Waals surface area contributed by atoms with Gasteiger partial charge in [-0.3, -0.25) is 9.59 Å². The van der Waals surface area contributed by atoms with Crippen LogP contribution in [0.5, 0.6) is 5.75 Å². The van der Waals surface area contributed by atoms with Crippen LogP contribution in [0.25, 0.3) is 22.3 Å². The second-order valence-electron chi connectivity index (χ2n) is 7.04. The van der Waals surface area contributed by atoms with Gasteiger partial charge in [-0.2, -0.15) is 0 Å². The fourth-order valence-corrected chi connectivity index (χ4v) is 3.20. The number of amides is 1. The minimum Gasteiger partial charge on any atom is -0.502 e. The van der Waals surface area contributed by atoms with Gasteiger partial charge in [-0.25, -0.2) is 0 Å². The van der Waals surface area contributed by atoms with E-state index in [1.54, 1.807) is 38.4 Å². The van der Waals surface area contributed by atoms with Gasteiger partial charge in [-0.1, -0.05) is 6.07 Å². The van der Waals surface area contributed by atoms with Crippen LogP contribution in [0.15, 0.2) is 51.7 Å². The van der Waals surface area contributed by atoms with Crippen molar-refractivity contribution < 1.29 is 14.3 Å². The van der Waals surface area contributed by atoms with Crippen LogP contribution in [0.2, 0.25) is 0 Å². The largest absolute Gasteiger partial charge is 0.502 e. The molecule has 1 amide bonds. The van der Waals surface area contributed by atoms with Gasteiger partial charge in [0, 0.05) is 32.4 Å². The molecule has 0 saturated heterocycles. The first-order valence-electron chi connectivity index (χ1n) is 9.31. The van der Waals surface area contributed by atoms with E-state index in [0.29, 0.717) is 17.6 Å². The first kappa shape index (κ1) is 20.4. The number of fused-ring (bicyclic) bond motifs is 1. The molecule has 7 heteroatoms. The normalized spacial score (nSPS) is 12.0. The molecule has 0 unspecified atom stereocenters. The molecule has 29 heavy (non-hydrogen) atoms. The third-order valence-electron chi connectivity index (χ3n) is 4.93. The lowest BCUT2D eigenvalue weighted by Gasteiger charge is -2.15. The predicted molar refractivity (Wildman–Crippen MR) is 115 cm³/mol. The number of nitrogens with zero attached hydrogens (tertiary/aromatic N) is 1. The fourth-order valence-electron chi connectivity index (χ4n) is 3.20. The average molecular weight is 395 g/mol. The summed E-state index contributed by atoms with van der Waals surface area (Å²) in [5, 5.41) is 16.3. The van der Waals surface area contributed by atoms with Crippen LogP contribution in [0, 0.1) is 0 Å². The van der Waals surface area contributed by atoms with E-state index in [-0.39, 0.29) is 17.1 Å². The second-order valence-corrected chi connectivity index (χ2v) is 7.04. The van der Waals surface area contributed by atoms with Crippen molar-refractivity contribution in [2.45, 2.75) is 12.5 Å². The van der Waals surface area contributed by atoms with Crippen molar-refractivity contribution in [1.29, 1.82) is 0 Å². The fraction of sp³-hybridized carbons (Fsp3) is 0.273. The van der Waals surface area contributed by atoms with Gasteiger partial charge >= 0.3 is 0 Å². The molecule has 152 valence electrons. The Morgan fingerprint density at radius 1 is 1.14 bits per heavy atom. The molecule has 0 bridgehead atoms. The van der Waals surface area contributed by atoms with E-state index >= 15 is 0 Å². The van der Waals surface area contributed by atoms with Crippen LogP contribution >= 0.6 is 0 Å². The number of anilines is 1. The van der Waals surface area contributed by atoms with Gasteiger partial charge in [-0.05, 0) is 55.4 Å². The number of nitrogens with one attached hydrogen (secondary N) is 2. The molecule has 3 aromatic rings. The minimum atomic E-state index is -0.499. The molecule has 0 fully saturated rings. The standard InChI is InChI=1S/C22H25N3O4/c1-23-17(22(28)24-2)12-13-5-10-18-16(11-13)19(26)20(27)21(29-18)14-6-8-15(9-7-14)25(3)4/h5-11,17,23,27H,12H2,1-4H3,(H,24,28)/t17-/m0/s1. The Labute approximate surface area is 169 Å². The Bertz CT molecular complexity index is 1090. The van der Waals surface area contributed by atoms with Crippen molar-refractivity contribution in [2.75, 3.05) is 33.1 Å². The summed E-state index contributed by atoms with van der Waals surface area (Å²) in [5.41, 5.74) is 2.28. The Hall–Kier alpha value is -3.32. The number of benzene rings is 2. The highest BCUT2D eigenvalue weighted by Crippen LogP contribution is 2.31. The number of likely N-dealkylation sites (N-methyl/N-ethyl adjacent to an activating group) is 2. The van der Waals surface area contributed by atoms with Crippen LogP contribution in [-0.2, 0) is 11.2 Å². The molecular formula is C22H25N3O4. The molecule has 0 spiro atoms. The van der Waals surface area contributed by atoms with E-state index in [0.717, 1.165) is 11.3 Å². The highest BCUT2D eigenvalue weighted by atomic mass is 16.4. The van der Waals surface area contributed by atoms with Gasteiger partial charge in [0.1, 0.15) is 5.58 Å². The van der Waals surface area contributed by atoms with Gasteiger partial charge in [-0.15, -0.1) is 0 Å². The van der Waals surface area contributed by atoms with Gasteiger partial charge in [0.15, 0.2) is 5.76 Å². The SMILES string of the molecule is CNC(=O)[C@H](Cc1ccc2oc(-c3ccc(N(C)C)cc3)c(O)c(=O)c2c1)NC. The molecule has 3 rings (SSSR count). The highest BCUT2D eigenvalue weighted by molar-refractivity contribution is 5.84. The van der Waals surface area contributed by atoms with Gasteiger partial charge in [0.05, 0.1) is 11.4 Å². The topological polar surface area (TPSA) is 94.8 Å². The van der Waals surface area contributed by atoms with Gasteiger partial charge in [0.25, 0.3) is 0 Å². The number of rotatable bonds is 6. The summed E-state index contributed by atoms with van der Waals surface area (Å²) >= 11 is 0. The van der Waals surface area contributed by atoms with Crippen molar-refractivity contribution in [3.8, 4) is 17.1 Å². The Kier molecular flexibility index (Phi) is 5.89. The molecule has 2 aromatic carbocycles. The Balaban J connectivity index is 2.01. The lowest BCUT2D eigenvalue weighted by Crippen LogP contribution is -2.42. The van der Waals surface area contributed by atoms with Crippen LogP contribution in [0.1, 0.15) is 5.56 Å². The zero-order chi connectivity index (χ0) is 21.1. The number of hydrogen-bond acceptors (Lipinski definition) is 6. The summed E-state index contributed by atoms with van der Waals surface area (Å²) in [7, 11) is 7.15. The van der Waals surface area contributed by atoms with E-state index < -0.39 is 17.2 Å². The first-order chi connectivity index (χ1) is 13.8. The monoisotopic (exact) mass is 395 g/mol. The molecule has 7 nitrogen and oxygen atoms in total. The third kappa shape index (κ3) is 4.09. The molecular weight excluding hydrogens is 370 g/mol. The summed E-state index contributed by atoms with van der Waals surface area (Å²) < 4.78 is 5.86. The van der Waals surface area contributed by atoms with E-state index in [2.05, 4.69) is 10.6 Å². The van der Waals surface area contributed by atoms with Crippen LogP contribution in [0.3, 0.4) is 0 Å². The number of carbonyl (C=O) groups is 1. The zero-order valence-electron chi connectivity index (χ0n) is 16.9. The molecule has 3 N–H and O–H groups in total. The molecule has 0 aliphatic heterocycles. The summed E-state index contributed by atoms with van der Waals surface area (Å²) in [6, 6.07) is 12.1. The molecule has 0 aliphatic rings. The number of hydrogen-bond donors (Lipinski definition) is 3. The quantitative estimate of drug-likeness (QED) is 0.592. The molecule has 0 aliphatic carbocycles. The maximum Gasteiger partial charge on any atom is 0.237 e. The van der Waals surface area contributed by atoms with E-state index in [1.165, 1.54) is 0 Å². The van der Waals surface area contributed by atoms with Crippen LogP contribution < -0.4 is 21.0 Å². The minimum absolute atomic E-state index is 0.138. The summed E-state index contributed by atoms with van der Waals surface area (Å²) in [4.78, 5) is 26.6. The molecule has 1 heterocycles. The molecule has 1 atom stereocenters. The molecule has 0 radical (unpaired) electrons. The van der Waals surface area contributed by atoms with Crippen molar-refractivity contribution in [2.24, 2.45) is 0 Å². The van der Waals surface area contributed by atoms with Crippen molar-refractivity contribution in [3.63, 3.8) is 0 Å². The lowest BCUT2D eigenvalue weighted by atomic mass is 10.0. The van der Waals surface area contributed by atoms with E-state index in [4.69, 9.17) is 4.42 Å². The van der Waals surface area contributed by atoms with Crippen molar-refractivity contribution in [3.05, 3.63) is 58.3 Å². The third-order valence-corrected chi connectivity index (χ3v) is 4.93. The number of carbonyl (C=O) groups excluding carboxylic acids is 1. The van der Waals surface area contributed by atoms with Crippen LogP contribution in [-0.4, -0.2) is 45.2 Å². The summed E-state index contributed by atoms with van der Waals surface area (Å²) in [6.45, 7) is 0. The lowest BCUT2D eigenvalue weighted by molar-refractivity contribution is -0.122. The van der Waals surface area contributed by atoms with Crippen LogP contribution in [0.4, 0.5) is 5.69 Å². The zero-order valence-corrected chi connectivity index (χ0v) is 16.9. The van der Waals surface area contributed by atoms with Gasteiger partial charge < -0.3 is 25.1 Å². The summed E-state index contributed by atoms with van der Waals surface area (Å²) in [5.74, 6) is -0.429. The molecule has 1 aromatic heterocycles.